The van der Waals surface area contributed by atoms with Crippen molar-refractivity contribution in [3.05, 3.63) is 41.2 Å². The normalized spacial score (nSPS) is 10.5. The van der Waals surface area contributed by atoms with Crippen LogP contribution in [0.4, 0.5) is 5.95 Å². The summed E-state index contributed by atoms with van der Waals surface area (Å²) in [6.07, 6.45) is 1.73. The first-order valence-corrected chi connectivity index (χ1v) is 5.76. The highest BCUT2D eigenvalue weighted by Crippen LogP contribution is 2.17. The molecule has 17 heavy (non-hydrogen) atoms. The summed E-state index contributed by atoms with van der Waals surface area (Å²) in [5, 5.41) is 0.695. The molecule has 1 aromatic carbocycles. The number of aromatic nitrogens is 2. The van der Waals surface area contributed by atoms with E-state index in [2.05, 4.69) is 4.98 Å². The van der Waals surface area contributed by atoms with Crippen LogP contribution in [0.2, 0.25) is 5.02 Å². The average Bonchev–Trinajstić information content (AvgIpc) is 2.69. The highest BCUT2D eigenvalue weighted by molar-refractivity contribution is 6.30. The number of nitrogens with two attached hydrogens (primary N) is 1. The first-order chi connectivity index (χ1) is 8.20. The second-order valence-corrected chi connectivity index (χ2v) is 4.03. The number of nitrogens with zero attached hydrogens (tertiary/aromatic N) is 2. The lowest BCUT2D eigenvalue weighted by Crippen LogP contribution is -2.07. The van der Waals surface area contributed by atoms with Crippen molar-refractivity contribution in [1.82, 2.24) is 9.55 Å². The maximum atomic E-state index is 5.79. The zero-order valence-electron chi connectivity index (χ0n) is 9.56. The Kier molecular flexibility index (Phi) is 3.54. The Balaban J connectivity index is 2.04. The highest BCUT2D eigenvalue weighted by Gasteiger charge is 2.05. The number of imidazole rings is 1. The van der Waals surface area contributed by atoms with Crippen molar-refractivity contribution < 1.29 is 4.74 Å². The lowest BCUT2D eigenvalue weighted by Gasteiger charge is -2.08. The Bertz CT molecular complexity index is 493. The van der Waals surface area contributed by atoms with Crippen molar-refractivity contribution in [1.29, 1.82) is 0 Å². The van der Waals surface area contributed by atoms with Gasteiger partial charge in [0, 0.05) is 11.6 Å². The molecule has 0 spiro atoms. The van der Waals surface area contributed by atoms with E-state index < -0.39 is 0 Å². The van der Waals surface area contributed by atoms with Gasteiger partial charge in [0.15, 0.2) is 5.95 Å². The molecule has 0 aliphatic carbocycles. The molecule has 1 heterocycles. The van der Waals surface area contributed by atoms with Gasteiger partial charge >= 0.3 is 0 Å². The Morgan fingerprint density at radius 3 is 2.71 bits per heavy atom. The summed E-state index contributed by atoms with van der Waals surface area (Å²) in [5.41, 5.74) is 6.68. The Morgan fingerprint density at radius 2 is 2.06 bits per heavy atom. The van der Waals surface area contributed by atoms with E-state index in [0.717, 1.165) is 18.0 Å². The molecular weight excluding hydrogens is 238 g/mol. The molecule has 0 aliphatic heterocycles. The van der Waals surface area contributed by atoms with Crippen LogP contribution in [-0.2, 0) is 13.2 Å². The number of anilines is 1. The molecule has 0 bridgehead atoms. The fraction of sp³-hybridized carbons (Fsp3) is 0.250. The summed E-state index contributed by atoms with van der Waals surface area (Å²) in [7, 11) is 0. The van der Waals surface area contributed by atoms with E-state index in [-0.39, 0.29) is 0 Å². The van der Waals surface area contributed by atoms with E-state index in [1.807, 2.05) is 23.6 Å². The second kappa shape index (κ2) is 5.10. The van der Waals surface area contributed by atoms with Crippen LogP contribution in [0.3, 0.4) is 0 Å². The minimum absolute atomic E-state index is 0.444. The molecule has 2 N–H and O–H groups in total. The third-order valence-electron chi connectivity index (χ3n) is 2.49. The van der Waals surface area contributed by atoms with Crippen molar-refractivity contribution in [2.24, 2.45) is 0 Å². The maximum absolute atomic E-state index is 5.79. The van der Waals surface area contributed by atoms with E-state index in [1.165, 1.54) is 0 Å². The number of benzene rings is 1. The second-order valence-electron chi connectivity index (χ2n) is 3.59. The quantitative estimate of drug-likeness (QED) is 0.909. The van der Waals surface area contributed by atoms with Crippen LogP contribution < -0.4 is 10.5 Å². The van der Waals surface area contributed by atoms with E-state index in [1.54, 1.807) is 18.3 Å². The largest absolute Gasteiger partial charge is 0.487 e. The zero-order valence-corrected chi connectivity index (χ0v) is 10.3. The third kappa shape index (κ3) is 2.71. The van der Waals surface area contributed by atoms with Crippen LogP contribution in [0.15, 0.2) is 30.5 Å². The summed E-state index contributed by atoms with van der Waals surface area (Å²) < 4.78 is 7.54. The summed E-state index contributed by atoms with van der Waals surface area (Å²) in [6, 6.07) is 7.25. The minimum atomic E-state index is 0.444. The molecule has 0 amide bonds. The number of halogens is 1. The molecular formula is C12H14ClN3O. The Morgan fingerprint density at radius 1 is 1.35 bits per heavy atom. The lowest BCUT2D eigenvalue weighted by molar-refractivity contribution is 0.295. The molecule has 4 nitrogen and oxygen atoms in total. The molecule has 90 valence electrons. The molecule has 0 saturated carbocycles. The molecule has 0 atom stereocenters. The summed E-state index contributed by atoms with van der Waals surface area (Å²) in [6.45, 7) is 3.24. The van der Waals surface area contributed by atoms with Gasteiger partial charge in [0.1, 0.15) is 12.4 Å². The number of ether oxygens (including phenoxy) is 1. The van der Waals surface area contributed by atoms with Gasteiger partial charge in [-0.2, -0.15) is 0 Å². The number of rotatable bonds is 4. The fourth-order valence-electron chi connectivity index (χ4n) is 1.60. The van der Waals surface area contributed by atoms with Crippen molar-refractivity contribution in [3.8, 4) is 5.75 Å². The van der Waals surface area contributed by atoms with Crippen LogP contribution in [0.1, 0.15) is 12.6 Å². The van der Waals surface area contributed by atoms with E-state index in [4.69, 9.17) is 22.1 Å². The van der Waals surface area contributed by atoms with Crippen LogP contribution in [0, 0.1) is 0 Å². The van der Waals surface area contributed by atoms with Gasteiger partial charge in [-0.05, 0) is 31.2 Å². The summed E-state index contributed by atoms with van der Waals surface area (Å²) in [5.74, 6) is 1.29. The van der Waals surface area contributed by atoms with Gasteiger partial charge in [0.2, 0.25) is 0 Å². The van der Waals surface area contributed by atoms with Gasteiger partial charge < -0.3 is 15.0 Å². The van der Waals surface area contributed by atoms with Crippen LogP contribution in [-0.4, -0.2) is 9.55 Å². The van der Waals surface area contributed by atoms with Crippen LogP contribution in [0.5, 0.6) is 5.75 Å². The van der Waals surface area contributed by atoms with E-state index >= 15 is 0 Å². The minimum Gasteiger partial charge on any atom is -0.487 e. The molecule has 0 aliphatic rings. The van der Waals surface area contributed by atoms with Gasteiger partial charge in [-0.25, -0.2) is 4.98 Å². The first-order valence-electron chi connectivity index (χ1n) is 5.39. The number of nitrogen functional groups attached to an aromatic ring is 1. The van der Waals surface area contributed by atoms with Crippen LogP contribution >= 0.6 is 11.6 Å². The monoisotopic (exact) mass is 251 g/mol. The highest BCUT2D eigenvalue weighted by atomic mass is 35.5. The average molecular weight is 252 g/mol. The predicted octanol–water partition coefficient (Wildman–Crippen LogP) is 2.72. The molecule has 5 heteroatoms. The molecule has 2 rings (SSSR count). The predicted molar refractivity (Wildman–Crippen MR) is 68.1 cm³/mol. The maximum Gasteiger partial charge on any atom is 0.200 e. The van der Waals surface area contributed by atoms with Gasteiger partial charge in [0.05, 0.1) is 11.9 Å². The smallest absolute Gasteiger partial charge is 0.200 e. The number of hydrogen-bond donors (Lipinski definition) is 1. The molecule has 0 unspecified atom stereocenters. The molecule has 0 radical (unpaired) electrons. The van der Waals surface area contributed by atoms with Crippen molar-refractivity contribution in [2.45, 2.75) is 20.1 Å². The van der Waals surface area contributed by atoms with E-state index in [9.17, 15) is 0 Å². The van der Waals surface area contributed by atoms with Crippen molar-refractivity contribution in [3.63, 3.8) is 0 Å². The Hall–Kier alpha value is -1.68. The summed E-state index contributed by atoms with van der Waals surface area (Å²) in [4.78, 5) is 4.05. The van der Waals surface area contributed by atoms with Crippen molar-refractivity contribution in [2.75, 3.05) is 5.73 Å². The van der Waals surface area contributed by atoms with E-state index in [0.29, 0.717) is 17.6 Å². The first kappa shape index (κ1) is 11.8. The molecule has 0 fully saturated rings. The number of hydrogen-bond acceptors (Lipinski definition) is 3. The molecule has 1 aromatic heterocycles. The molecule has 0 saturated heterocycles. The van der Waals surface area contributed by atoms with Gasteiger partial charge in [-0.3, -0.25) is 0 Å². The molecule has 2 aromatic rings. The fourth-order valence-corrected chi connectivity index (χ4v) is 1.72. The van der Waals surface area contributed by atoms with Crippen LogP contribution in [0.25, 0.3) is 0 Å². The van der Waals surface area contributed by atoms with Crippen molar-refractivity contribution >= 4 is 17.5 Å². The third-order valence-corrected chi connectivity index (χ3v) is 2.74. The summed E-state index contributed by atoms with van der Waals surface area (Å²) >= 11 is 5.79. The van der Waals surface area contributed by atoms with Gasteiger partial charge in [0.25, 0.3) is 0 Å². The SMILES string of the molecule is CCn1c(COc2ccc(Cl)cc2)cnc1N. The van der Waals surface area contributed by atoms with Gasteiger partial charge in [-0.15, -0.1) is 0 Å². The van der Waals surface area contributed by atoms with Gasteiger partial charge in [-0.1, -0.05) is 11.6 Å². The topological polar surface area (TPSA) is 53.1 Å². The Labute approximate surface area is 105 Å². The standard InChI is InChI=1S/C12H14ClN3O/c1-2-16-10(7-15-12(16)14)8-17-11-5-3-9(13)4-6-11/h3-7H,2,8H2,1H3,(H2,14,15). The lowest BCUT2D eigenvalue weighted by atomic mass is 10.3. The zero-order chi connectivity index (χ0) is 12.3.